The Bertz CT molecular complexity index is 935. The highest BCUT2D eigenvalue weighted by Crippen LogP contribution is 2.48. The van der Waals surface area contributed by atoms with Crippen molar-refractivity contribution in [2.24, 2.45) is 0 Å². The van der Waals surface area contributed by atoms with E-state index in [0.29, 0.717) is 11.1 Å². The first-order chi connectivity index (χ1) is 16.4. The van der Waals surface area contributed by atoms with Crippen LogP contribution in [0.15, 0.2) is 24.3 Å². The Labute approximate surface area is 212 Å². The molecule has 7 nitrogen and oxygen atoms in total. The molecule has 0 bridgehead atoms. The summed E-state index contributed by atoms with van der Waals surface area (Å²) in [6.07, 6.45) is -1.13. The Morgan fingerprint density at radius 3 is 1.80 bits per heavy atom. The Balaban J connectivity index is 1.79. The highest BCUT2D eigenvalue weighted by atomic mass is 28.5. The fourth-order valence-electron chi connectivity index (χ4n) is 5.96. The number of hydrogen-bond donors (Lipinski definition) is 0. The topological polar surface area (TPSA) is 74.3 Å². The average molecular weight is 516 g/mol. The molecule has 2 amide bonds. The van der Waals surface area contributed by atoms with Crippen LogP contribution in [-0.4, -0.2) is 72.5 Å². The van der Waals surface area contributed by atoms with Crippen LogP contribution in [0.2, 0.25) is 22.2 Å². The van der Waals surface area contributed by atoms with E-state index in [9.17, 15) is 9.59 Å². The van der Waals surface area contributed by atoms with Crippen molar-refractivity contribution >= 4 is 36.8 Å². The summed E-state index contributed by atoms with van der Waals surface area (Å²) < 4.78 is 27.3. The van der Waals surface area contributed by atoms with Gasteiger partial charge in [-0.15, -0.1) is 0 Å². The third kappa shape index (κ3) is 4.10. The molecule has 1 unspecified atom stereocenters. The first-order valence-electron chi connectivity index (χ1n) is 12.8. The molecule has 2 saturated heterocycles. The van der Waals surface area contributed by atoms with Gasteiger partial charge in [0.05, 0.1) is 29.9 Å². The second-order valence-corrected chi connectivity index (χ2v) is 20.1. The maximum Gasteiger partial charge on any atom is 0.335 e. The molecule has 10 heteroatoms. The quantitative estimate of drug-likeness (QED) is 0.425. The molecule has 3 aliphatic heterocycles. The zero-order valence-electron chi connectivity index (χ0n) is 22.1. The SMILES string of the molecule is [B][C@@H]1O[C@@H]2CO[Si](C(C)C)(C(C)C)O[Si](C(C)C)(C(C)C)O[C@@H]2C1N1C(=O)c2ccccc2C1=O. The van der Waals surface area contributed by atoms with E-state index in [0.717, 1.165) is 0 Å². The van der Waals surface area contributed by atoms with Crippen LogP contribution >= 0.6 is 0 Å². The minimum absolute atomic E-state index is 0.105. The summed E-state index contributed by atoms with van der Waals surface area (Å²) in [4.78, 5) is 28.0. The molecule has 190 valence electrons. The van der Waals surface area contributed by atoms with Crippen LogP contribution < -0.4 is 0 Å². The van der Waals surface area contributed by atoms with Gasteiger partial charge >= 0.3 is 17.1 Å². The van der Waals surface area contributed by atoms with E-state index in [1.54, 1.807) is 24.3 Å². The van der Waals surface area contributed by atoms with Gasteiger partial charge in [0.25, 0.3) is 11.8 Å². The first kappa shape index (κ1) is 26.8. The second kappa shape index (κ2) is 9.54. The van der Waals surface area contributed by atoms with Crippen molar-refractivity contribution in [3.05, 3.63) is 35.4 Å². The molecule has 0 N–H and O–H groups in total. The molecule has 4 rings (SSSR count). The maximum absolute atomic E-state index is 13.4. The van der Waals surface area contributed by atoms with Gasteiger partial charge in [-0.3, -0.25) is 14.5 Å². The Morgan fingerprint density at radius 1 is 0.857 bits per heavy atom. The number of rotatable bonds is 5. The monoisotopic (exact) mass is 515 g/mol. The van der Waals surface area contributed by atoms with Gasteiger partial charge in [0.1, 0.15) is 14.0 Å². The summed E-state index contributed by atoms with van der Waals surface area (Å²) in [5, 5.41) is 0. The number of nitrogens with zero attached hydrogens (tertiary/aromatic N) is 1. The number of carbonyl (C=O) groups excluding carboxylic acids is 2. The van der Waals surface area contributed by atoms with Gasteiger partial charge in [-0.05, 0) is 34.3 Å². The summed E-state index contributed by atoms with van der Waals surface area (Å²) in [6, 6.07) is 5.21. The van der Waals surface area contributed by atoms with Crippen LogP contribution in [0.3, 0.4) is 0 Å². The minimum Gasteiger partial charge on any atom is -0.414 e. The van der Waals surface area contributed by atoms with Crippen LogP contribution in [0.25, 0.3) is 0 Å². The van der Waals surface area contributed by atoms with E-state index in [1.807, 2.05) is 0 Å². The van der Waals surface area contributed by atoms with E-state index in [2.05, 4.69) is 55.4 Å². The lowest BCUT2D eigenvalue weighted by atomic mass is 9.89. The molecule has 0 spiro atoms. The van der Waals surface area contributed by atoms with E-state index in [1.165, 1.54) is 4.90 Å². The normalized spacial score (nSPS) is 30.2. The summed E-state index contributed by atoms with van der Waals surface area (Å²) >= 11 is 0. The molecule has 0 aliphatic carbocycles. The number of carbonyl (C=O) groups is 2. The first-order valence-corrected chi connectivity index (χ1v) is 16.7. The largest absolute Gasteiger partial charge is 0.414 e. The number of ether oxygens (including phenoxy) is 1. The van der Waals surface area contributed by atoms with Crippen LogP contribution in [0.4, 0.5) is 0 Å². The van der Waals surface area contributed by atoms with Crippen molar-refractivity contribution in [3.63, 3.8) is 0 Å². The number of amides is 2. The summed E-state index contributed by atoms with van der Waals surface area (Å²) in [5.41, 5.74) is 1.38. The Kier molecular flexibility index (Phi) is 7.29. The van der Waals surface area contributed by atoms with E-state index in [4.69, 9.17) is 25.6 Å². The minimum atomic E-state index is -2.96. The van der Waals surface area contributed by atoms with Crippen molar-refractivity contribution in [2.75, 3.05) is 6.61 Å². The van der Waals surface area contributed by atoms with Crippen LogP contribution in [0.5, 0.6) is 0 Å². The molecule has 2 radical (unpaired) electrons. The zero-order chi connectivity index (χ0) is 25.9. The highest BCUT2D eigenvalue weighted by molar-refractivity contribution is 6.84. The molecule has 1 aromatic carbocycles. The average Bonchev–Trinajstić information content (AvgIpc) is 3.20. The molecule has 3 aliphatic rings. The van der Waals surface area contributed by atoms with Gasteiger partial charge in [0, 0.05) is 6.00 Å². The molecule has 2 fully saturated rings. The van der Waals surface area contributed by atoms with E-state index >= 15 is 0 Å². The van der Waals surface area contributed by atoms with Gasteiger partial charge in [0.2, 0.25) is 0 Å². The van der Waals surface area contributed by atoms with Gasteiger partial charge < -0.3 is 17.7 Å². The molecular weight excluding hydrogens is 477 g/mol. The smallest absolute Gasteiger partial charge is 0.335 e. The fourth-order valence-corrected chi connectivity index (χ4v) is 17.2. The van der Waals surface area contributed by atoms with Crippen molar-refractivity contribution in [3.8, 4) is 0 Å². The van der Waals surface area contributed by atoms with Gasteiger partial charge in [-0.25, -0.2) is 0 Å². The summed E-state index contributed by atoms with van der Waals surface area (Å²) in [6.45, 7) is 17.4. The number of benzene rings is 1. The molecule has 0 aromatic heterocycles. The lowest BCUT2D eigenvalue weighted by molar-refractivity contribution is -0.0278. The third-order valence-electron chi connectivity index (χ3n) is 7.83. The summed E-state index contributed by atoms with van der Waals surface area (Å²) in [5.74, 6) is -0.727. The van der Waals surface area contributed by atoms with E-state index in [-0.39, 0.29) is 40.6 Å². The van der Waals surface area contributed by atoms with E-state index < -0.39 is 41.4 Å². The Hall–Kier alpha value is -1.30. The standard InChI is InChI=1S/C25H38BNO6Si2/c1-14(2)34(15(3)4)30-13-20-22(32-35(33-34,16(5)6)17(7)8)21(23(26)31-20)27-24(28)18-11-9-10-12-19(18)25(27)29/h9-12,14-17,20-23H,13H2,1-8H3/t20-,21?,22+,23-/m1/s1. The predicted molar refractivity (Wildman–Crippen MR) is 139 cm³/mol. The molecule has 1 aromatic rings. The van der Waals surface area contributed by atoms with Crippen LogP contribution in [-0.2, 0) is 17.7 Å². The van der Waals surface area contributed by atoms with Crippen LogP contribution in [0, 0.1) is 0 Å². The lowest BCUT2D eigenvalue weighted by Gasteiger charge is -2.51. The van der Waals surface area contributed by atoms with Crippen molar-refractivity contribution in [1.29, 1.82) is 0 Å². The molecule has 0 saturated carbocycles. The van der Waals surface area contributed by atoms with Crippen molar-refractivity contribution < 1.29 is 27.3 Å². The maximum atomic E-state index is 13.4. The molecule has 35 heavy (non-hydrogen) atoms. The fraction of sp³-hybridized carbons (Fsp3) is 0.680. The van der Waals surface area contributed by atoms with Gasteiger partial charge in [0.15, 0.2) is 0 Å². The highest BCUT2D eigenvalue weighted by Gasteiger charge is 2.62. The van der Waals surface area contributed by atoms with Crippen molar-refractivity contribution in [1.82, 2.24) is 4.90 Å². The summed E-state index contributed by atoms with van der Waals surface area (Å²) in [7, 11) is 0.802. The van der Waals surface area contributed by atoms with Gasteiger partial charge in [-0.1, -0.05) is 67.5 Å². The van der Waals surface area contributed by atoms with Gasteiger partial charge in [-0.2, -0.15) is 0 Å². The number of fused-ring (bicyclic) bond motifs is 2. The van der Waals surface area contributed by atoms with Crippen molar-refractivity contribution in [2.45, 2.75) is 102 Å². The second-order valence-electron chi connectivity index (χ2n) is 11.2. The number of imide groups is 1. The Morgan fingerprint density at radius 2 is 1.34 bits per heavy atom. The predicted octanol–water partition coefficient (Wildman–Crippen LogP) is 4.50. The molecule has 4 atom stereocenters. The number of hydrogen-bond acceptors (Lipinski definition) is 6. The molecular formula is C25H38BNO6Si2. The lowest BCUT2D eigenvalue weighted by Crippen LogP contribution is -2.67. The zero-order valence-corrected chi connectivity index (χ0v) is 24.1. The third-order valence-corrected chi connectivity index (χ3v) is 18.1. The van der Waals surface area contributed by atoms with Crippen LogP contribution in [0.1, 0.15) is 76.1 Å². The molecule has 3 heterocycles.